The molecule has 0 aliphatic carbocycles. The van der Waals surface area contributed by atoms with Crippen LogP contribution in [0.1, 0.15) is 34.8 Å². The lowest BCUT2D eigenvalue weighted by molar-refractivity contribution is -0.129. The molecule has 0 N–H and O–H groups in total. The number of rotatable bonds is 4. The molecule has 3 heterocycles. The molecular formula is C22H20N4O3. The predicted octanol–water partition coefficient (Wildman–Crippen LogP) is 3.47. The normalized spacial score (nSPS) is 19.1. The molecule has 146 valence electrons. The second-order valence-corrected chi connectivity index (χ2v) is 7.40. The van der Waals surface area contributed by atoms with Crippen molar-refractivity contribution in [3.63, 3.8) is 0 Å². The molecule has 1 aliphatic rings. The van der Waals surface area contributed by atoms with Gasteiger partial charge in [-0.3, -0.25) is 4.79 Å². The molecule has 0 bridgehead atoms. The first kappa shape index (κ1) is 17.6. The monoisotopic (exact) mass is 388 g/mol. The largest absolute Gasteiger partial charge is 0.356 e. The summed E-state index contributed by atoms with van der Waals surface area (Å²) in [5.74, 6) is 1.28. The minimum absolute atomic E-state index is 0.0173. The highest BCUT2D eigenvalue weighted by Crippen LogP contribution is 2.39. The highest BCUT2D eigenvalue weighted by Gasteiger charge is 2.40. The van der Waals surface area contributed by atoms with E-state index in [1.54, 1.807) is 6.92 Å². The van der Waals surface area contributed by atoms with Crippen LogP contribution < -0.4 is 0 Å². The molecular weight excluding hydrogens is 368 g/mol. The number of amides is 1. The fourth-order valence-corrected chi connectivity index (χ4v) is 4.08. The zero-order chi connectivity index (χ0) is 19.8. The van der Waals surface area contributed by atoms with Crippen molar-refractivity contribution in [2.24, 2.45) is 0 Å². The molecule has 4 aromatic rings. The van der Waals surface area contributed by atoms with Gasteiger partial charge in [0.25, 0.3) is 0 Å². The number of fused-ring (bicyclic) bond motifs is 1. The number of carbonyl (C=O) groups excluding carboxylic acids is 1. The number of aromatic nitrogens is 3. The van der Waals surface area contributed by atoms with Gasteiger partial charge in [0.15, 0.2) is 11.4 Å². The molecule has 0 unspecified atom stereocenters. The van der Waals surface area contributed by atoms with Gasteiger partial charge in [0, 0.05) is 24.4 Å². The average molecular weight is 388 g/mol. The highest BCUT2D eigenvalue weighted by atomic mass is 16.5. The van der Waals surface area contributed by atoms with Crippen molar-refractivity contribution in [3.05, 3.63) is 77.6 Å². The first-order valence-electron chi connectivity index (χ1n) is 9.65. The molecule has 7 nitrogen and oxygen atoms in total. The van der Waals surface area contributed by atoms with Gasteiger partial charge in [-0.2, -0.15) is 4.98 Å². The Morgan fingerprint density at radius 1 is 1.00 bits per heavy atom. The Hall–Kier alpha value is -3.48. The van der Waals surface area contributed by atoms with Gasteiger partial charge in [0.1, 0.15) is 5.69 Å². The van der Waals surface area contributed by atoms with Crippen LogP contribution >= 0.6 is 0 Å². The van der Waals surface area contributed by atoms with E-state index in [9.17, 15) is 4.79 Å². The average Bonchev–Trinajstić information content (AvgIpc) is 3.47. The molecule has 0 spiro atoms. The van der Waals surface area contributed by atoms with Gasteiger partial charge < -0.3 is 13.9 Å². The van der Waals surface area contributed by atoms with Crippen LogP contribution in [0.3, 0.4) is 0 Å². The van der Waals surface area contributed by atoms with Crippen molar-refractivity contribution in [2.45, 2.75) is 25.2 Å². The lowest BCUT2D eigenvalue weighted by Gasteiger charge is -2.16. The van der Waals surface area contributed by atoms with Gasteiger partial charge in [0.2, 0.25) is 11.8 Å². The van der Waals surface area contributed by atoms with Gasteiger partial charge in [-0.15, -0.1) is 0 Å². The van der Waals surface area contributed by atoms with Gasteiger partial charge in [-0.25, -0.2) is 0 Å². The predicted molar refractivity (Wildman–Crippen MR) is 105 cm³/mol. The van der Waals surface area contributed by atoms with Gasteiger partial charge >= 0.3 is 0 Å². The van der Waals surface area contributed by atoms with E-state index in [2.05, 4.69) is 27.4 Å². The Balaban J connectivity index is 1.41. The summed E-state index contributed by atoms with van der Waals surface area (Å²) >= 11 is 0. The highest BCUT2D eigenvalue weighted by molar-refractivity contribution is 5.86. The van der Waals surface area contributed by atoms with Gasteiger partial charge in [-0.05, 0) is 24.6 Å². The van der Waals surface area contributed by atoms with Crippen LogP contribution in [0.5, 0.6) is 0 Å². The third-order valence-corrected chi connectivity index (χ3v) is 5.53. The molecule has 7 heteroatoms. The summed E-state index contributed by atoms with van der Waals surface area (Å²) in [6, 6.07) is 17.8. The Morgan fingerprint density at radius 2 is 1.76 bits per heavy atom. The SMILES string of the molecule is Cc1noc([C@@H]2CN(C(=O)Cc3noc4ccccc34)C[C@H]2c2ccccc2)n1. The Kier molecular flexibility index (Phi) is 4.35. The van der Waals surface area contributed by atoms with Crippen LogP contribution in [0.4, 0.5) is 0 Å². The van der Waals surface area contributed by atoms with E-state index in [-0.39, 0.29) is 24.2 Å². The van der Waals surface area contributed by atoms with Crippen LogP contribution in [-0.2, 0) is 11.2 Å². The molecule has 29 heavy (non-hydrogen) atoms. The van der Waals surface area contributed by atoms with Crippen LogP contribution in [0.2, 0.25) is 0 Å². The van der Waals surface area contributed by atoms with Crippen molar-refractivity contribution in [3.8, 4) is 0 Å². The molecule has 5 rings (SSSR count). The minimum atomic E-state index is -0.0309. The number of nitrogens with zero attached hydrogens (tertiary/aromatic N) is 4. The first-order chi connectivity index (χ1) is 14.2. The molecule has 2 aromatic carbocycles. The van der Waals surface area contributed by atoms with E-state index in [1.165, 1.54) is 0 Å². The van der Waals surface area contributed by atoms with Crippen molar-refractivity contribution < 1.29 is 13.8 Å². The van der Waals surface area contributed by atoms with Crippen molar-refractivity contribution in [1.29, 1.82) is 0 Å². The number of carbonyl (C=O) groups is 1. The molecule has 1 aliphatic heterocycles. The van der Waals surface area contributed by atoms with Crippen molar-refractivity contribution in [2.75, 3.05) is 13.1 Å². The summed E-state index contributed by atoms with van der Waals surface area (Å²) in [6.45, 7) is 2.94. The zero-order valence-electron chi connectivity index (χ0n) is 16.0. The minimum Gasteiger partial charge on any atom is -0.356 e. The van der Waals surface area contributed by atoms with Crippen LogP contribution in [-0.4, -0.2) is 39.2 Å². The summed E-state index contributed by atoms with van der Waals surface area (Å²) in [5.41, 5.74) is 2.52. The van der Waals surface area contributed by atoms with Crippen LogP contribution in [0, 0.1) is 6.92 Å². The van der Waals surface area contributed by atoms with E-state index >= 15 is 0 Å². The summed E-state index contributed by atoms with van der Waals surface area (Å²) in [6.07, 6.45) is 0.202. The molecule has 1 saturated heterocycles. The molecule has 2 aromatic heterocycles. The number of likely N-dealkylation sites (tertiary alicyclic amines) is 1. The molecule has 2 atom stereocenters. The lowest BCUT2D eigenvalue weighted by atomic mass is 9.89. The zero-order valence-corrected chi connectivity index (χ0v) is 16.0. The standard InChI is InChI=1S/C22H20N4O3/c1-14-23-22(29-24-14)18-13-26(12-17(18)15-7-3-2-4-8-15)21(27)11-19-16-9-5-6-10-20(16)28-25-19/h2-10,17-18H,11-13H2,1H3/t17-,18+/m0/s1. The van der Waals surface area contributed by atoms with E-state index in [4.69, 9.17) is 9.05 Å². The second-order valence-electron chi connectivity index (χ2n) is 7.40. The number of hydrogen-bond donors (Lipinski definition) is 0. The maximum absolute atomic E-state index is 13.1. The number of para-hydroxylation sites is 1. The summed E-state index contributed by atoms with van der Waals surface area (Å²) in [5, 5.41) is 8.92. The summed E-state index contributed by atoms with van der Waals surface area (Å²) < 4.78 is 10.8. The van der Waals surface area contributed by atoms with E-state index in [0.29, 0.717) is 36.1 Å². The quantitative estimate of drug-likeness (QED) is 0.532. The number of hydrogen-bond acceptors (Lipinski definition) is 6. The first-order valence-corrected chi connectivity index (χ1v) is 9.65. The van der Waals surface area contributed by atoms with Crippen LogP contribution in [0.25, 0.3) is 11.0 Å². The number of benzene rings is 2. The maximum Gasteiger partial charge on any atom is 0.232 e. The van der Waals surface area contributed by atoms with Crippen LogP contribution in [0.15, 0.2) is 63.6 Å². The molecule has 1 fully saturated rings. The summed E-state index contributed by atoms with van der Waals surface area (Å²) in [4.78, 5) is 19.4. The van der Waals surface area contributed by atoms with E-state index in [0.717, 1.165) is 10.9 Å². The van der Waals surface area contributed by atoms with Crippen molar-refractivity contribution in [1.82, 2.24) is 20.2 Å². The van der Waals surface area contributed by atoms with Gasteiger partial charge in [0.05, 0.1) is 12.3 Å². The Morgan fingerprint density at radius 3 is 2.55 bits per heavy atom. The lowest BCUT2D eigenvalue weighted by Crippen LogP contribution is -2.30. The maximum atomic E-state index is 13.1. The third kappa shape index (κ3) is 3.29. The Labute approximate surface area is 167 Å². The fourth-order valence-electron chi connectivity index (χ4n) is 4.08. The molecule has 1 amide bonds. The fraction of sp³-hybridized carbons (Fsp3) is 0.273. The summed E-state index contributed by atoms with van der Waals surface area (Å²) in [7, 11) is 0. The smallest absolute Gasteiger partial charge is 0.232 e. The number of aryl methyl sites for hydroxylation is 1. The third-order valence-electron chi connectivity index (χ3n) is 5.53. The van der Waals surface area contributed by atoms with E-state index < -0.39 is 0 Å². The van der Waals surface area contributed by atoms with Crippen molar-refractivity contribution >= 4 is 16.9 Å². The topological polar surface area (TPSA) is 85.3 Å². The van der Waals surface area contributed by atoms with Gasteiger partial charge in [-0.1, -0.05) is 52.8 Å². The Bertz CT molecular complexity index is 1150. The second kappa shape index (κ2) is 7.16. The molecule has 0 radical (unpaired) electrons. The van der Waals surface area contributed by atoms with E-state index in [1.807, 2.05) is 47.4 Å². The molecule has 0 saturated carbocycles.